The van der Waals surface area contributed by atoms with Crippen LogP contribution in [0.3, 0.4) is 0 Å². The molecule has 1 aromatic rings. The van der Waals surface area contributed by atoms with Gasteiger partial charge in [-0.3, -0.25) is 4.79 Å². The molecule has 1 fully saturated rings. The summed E-state index contributed by atoms with van der Waals surface area (Å²) in [5, 5.41) is 11.8. The van der Waals surface area contributed by atoms with E-state index in [2.05, 4.69) is 10.3 Å². The molecule has 1 aromatic heterocycles. The number of hydrogen-bond acceptors (Lipinski definition) is 4. The van der Waals surface area contributed by atoms with Crippen molar-refractivity contribution in [1.82, 2.24) is 9.88 Å². The standard InChI is InChI=1S/C13H17N3O3/c17-12(16-7-1-2-8-16)4-6-15-11-9-10(13(18)19)3-5-14-11/h3,5,9H,1-2,4,6-8H2,(H,14,15)(H,18,19). The van der Waals surface area contributed by atoms with E-state index in [1.54, 1.807) is 0 Å². The molecule has 19 heavy (non-hydrogen) atoms. The average Bonchev–Trinajstić information content (AvgIpc) is 2.93. The lowest BCUT2D eigenvalue weighted by molar-refractivity contribution is -0.129. The summed E-state index contributed by atoms with van der Waals surface area (Å²) in [6, 6.07) is 2.89. The van der Waals surface area contributed by atoms with Crippen LogP contribution in [0.15, 0.2) is 18.3 Å². The number of pyridine rings is 1. The summed E-state index contributed by atoms with van der Waals surface area (Å²) in [5.74, 6) is -0.368. The molecule has 2 heterocycles. The molecule has 2 N–H and O–H groups in total. The Morgan fingerprint density at radius 2 is 2.11 bits per heavy atom. The van der Waals surface area contributed by atoms with E-state index in [-0.39, 0.29) is 11.5 Å². The lowest BCUT2D eigenvalue weighted by Gasteiger charge is -2.15. The van der Waals surface area contributed by atoms with Gasteiger partial charge in [-0.2, -0.15) is 0 Å². The summed E-state index contributed by atoms with van der Waals surface area (Å²) in [4.78, 5) is 28.5. The monoisotopic (exact) mass is 263 g/mol. The smallest absolute Gasteiger partial charge is 0.335 e. The van der Waals surface area contributed by atoms with Gasteiger partial charge < -0.3 is 15.3 Å². The number of anilines is 1. The van der Waals surface area contributed by atoms with Crippen LogP contribution < -0.4 is 5.32 Å². The van der Waals surface area contributed by atoms with Gasteiger partial charge in [0.15, 0.2) is 0 Å². The summed E-state index contributed by atoms with van der Waals surface area (Å²) >= 11 is 0. The number of carbonyl (C=O) groups excluding carboxylic acids is 1. The molecule has 0 spiro atoms. The summed E-state index contributed by atoms with van der Waals surface area (Å²) in [6.07, 6.45) is 4.01. The maximum atomic E-state index is 11.8. The number of carboxylic acid groups (broad SMARTS) is 1. The van der Waals surface area contributed by atoms with Crippen molar-refractivity contribution >= 4 is 17.7 Å². The zero-order chi connectivity index (χ0) is 13.7. The van der Waals surface area contributed by atoms with Gasteiger partial charge in [0, 0.05) is 32.3 Å². The highest BCUT2D eigenvalue weighted by Crippen LogP contribution is 2.10. The SMILES string of the molecule is O=C(O)c1ccnc(NCCC(=O)N2CCCC2)c1. The van der Waals surface area contributed by atoms with Crippen LogP contribution in [0.4, 0.5) is 5.82 Å². The normalized spacial score (nSPS) is 14.4. The molecule has 0 bridgehead atoms. The third kappa shape index (κ3) is 3.67. The van der Waals surface area contributed by atoms with Crippen LogP contribution >= 0.6 is 0 Å². The molecule has 0 atom stereocenters. The van der Waals surface area contributed by atoms with Gasteiger partial charge in [-0.25, -0.2) is 9.78 Å². The van der Waals surface area contributed by atoms with Crippen molar-refractivity contribution in [3.8, 4) is 0 Å². The molecule has 1 saturated heterocycles. The zero-order valence-electron chi connectivity index (χ0n) is 10.6. The van der Waals surface area contributed by atoms with Crippen LogP contribution in [0.2, 0.25) is 0 Å². The number of nitrogens with zero attached hydrogens (tertiary/aromatic N) is 2. The highest BCUT2D eigenvalue weighted by Gasteiger charge is 2.17. The highest BCUT2D eigenvalue weighted by molar-refractivity contribution is 5.88. The van der Waals surface area contributed by atoms with Crippen molar-refractivity contribution in [2.45, 2.75) is 19.3 Å². The first-order valence-corrected chi connectivity index (χ1v) is 6.38. The van der Waals surface area contributed by atoms with Crippen LogP contribution in [0.25, 0.3) is 0 Å². The van der Waals surface area contributed by atoms with Gasteiger partial charge >= 0.3 is 5.97 Å². The third-order valence-corrected chi connectivity index (χ3v) is 3.11. The van der Waals surface area contributed by atoms with Crippen molar-refractivity contribution in [1.29, 1.82) is 0 Å². The number of amides is 1. The van der Waals surface area contributed by atoms with Gasteiger partial charge in [-0.1, -0.05) is 0 Å². The predicted octanol–water partition coefficient (Wildman–Crippen LogP) is 1.20. The van der Waals surface area contributed by atoms with E-state index in [0.717, 1.165) is 25.9 Å². The van der Waals surface area contributed by atoms with Crippen molar-refractivity contribution in [2.24, 2.45) is 0 Å². The molecule has 1 amide bonds. The molecule has 0 aromatic carbocycles. The van der Waals surface area contributed by atoms with E-state index >= 15 is 0 Å². The van der Waals surface area contributed by atoms with Crippen molar-refractivity contribution in [2.75, 3.05) is 25.0 Å². The molecule has 6 heteroatoms. The second-order valence-electron chi connectivity index (χ2n) is 4.50. The first-order chi connectivity index (χ1) is 9.16. The van der Waals surface area contributed by atoms with Crippen molar-refractivity contribution < 1.29 is 14.7 Å². The molecular formula is C13H17N3O3. The van der Waals surface area contributed by atoms with Crippen LogP contribution in [0.5, 0.6) is 0 Å². The molecule has 6 nitrogen and oxygen atoms in total. The van der Waals surface area contributed by atoms with Gasteiger partial charge in [-0.15, -0.1) is 0 Å². The van der Waals surface area contributed by atoms with Gasteiger partial charge in [0.05, 0.1) is 5.56 Å². The predicted molar refractivity (Wildman–Crippen MR) is 70.1 cm³/mol. The average molecular weight is 263 g/mol. The number of carboxylic acids is 1. The van der Waals surface area contributed by atoms with E-state index in [4.69, 9.17) is 5.11 Å². The molecule has 0 radical (unpaired) electrons. The fraction of sp³-hybridized carbons (Fsp3) is 0.462. The number of rotatable bonds is 5. The van der Waals surface area contributed by atoms with Gasteiger partial charge in [0.2, 0.25) is 5.91 Å². The molecule has 1 aliphatic heterocycles. The maximum absolute atomic E-state index is 11.8. The Balaban J connectivity index is 1.80. The number of nitrogens with one attached hydrogen (secondary N) is 1. The minimum Gasteiger partial charge on any atom is -0.478 e. The van der Waals surface area contributed by atoms with Crippen molar-refractivity contribution in [3.63, 3.8) is 0 Å². The summed E-state index contributed by atoms with van der Waals surface area (Å²) in [5.41, 5.74) is 0.184. The summed E-state index contributed by atoms with van der Waals surface area (Å²) < 4.78 is 0. The quantitative estimate of drug-likeness (QED) is 0.834. The van der Waals surface area contributed by atoms with Crippen LogP contribution in [0.1, 0.15) is 29.6 Å². The Kier molecular flexibility index (Phi) is 4.33. The number of aromatic nitrogens is 1. The first kappa shape index (κ1) is 13.3. The van der Waals surface area contributed by atoms with E-state index in [1.807, 2.05) is 4.90 Å². The fourth-order valence-electron chi connectivity index (χ4n) is 2.08. The Hall–Kier alpha value is -2.11. The summed E-state index contributed by atoms with van der Waals surface area (Å²) in [6.45, 7) is 2.17. The van der Waals surface area contributed by atoms with Gasteiger partial charge in [-0.05, 0) is 25.0 Å². The topological polar surface area (TPSA) is 82.5 Å². The van der Waals surface area contributed by atoms with E-state index in [9.17, 15) is 9.59 Å². The minimum atomic E-state index is -0.987. The molecule has 2 rings (SSSR count). The largest absolute Gasteiger partial charge is 0.478 e. The Bertz CT molecular complexity index is 470. The molecule has 1 aliphatic rings. The lowest BCUT2D eigenvalue weighted by atomic mass is 10.2. The Morgan fingerprint density at radius 1 is 1.37 bits per heavy atom. The third-order valence-electron chi connectivity index (χ3n) is 3.11. The number of hydrogen-bond donors (Lipinski definition) is 2. The minimum absolute atomic E-state index is 0.138. The van der Waals surface area contributed by atoms with Gasteiger partial charge in [0.25, 0.3) is 0 Å². The van der Waals surface area contributed by atoms with E-state index in [1.165, 1.54) is 18.3 Å². The molecule has 0 unspecified atom stereocenters. The molecule has 0 aliphatic carbocycles. The second-order valence-corrected chi connectivity index (χ2v) is 4.50. The van der Waals surface area contributed by atoms with E-state index in [0.29, 0.717) is 18.8 Å². The van der Waals surface area contributed by atoms with Crippen LogP contribution in [-0.4, -0.2) is 46.5 Å². The number of likely N-dealkylation sites (tertiary alicyclic amines) is 1. The van der Waals surface area contributed by atoms with Crippen LogP contribution in [-0.2, 0) is 4.79 Å². The summed E-state index contributed by atoms with van der Waals surface area (Å²) in [7, 11) is 0. The maximum Gasteiger partial charge on any atom is 0.335 e. The van der Waals surface area contributed by atoms with E-state index < -0.39 is 5.97 Å². The van der Waals surface area contributed by atoms with Crippen molar-refractivity contribution in [3.05, 3.63) is 23.9 Å². The van der Waals surface area contributed by atoms with Crippen LogP contribution in [0, 0.1) is 0 Å². The number of carbonyl (C=O) groups is 2. The molecular weight excluding hydrogens is 246 g/mol. The second kappa shape index (κ2) is 6.17. The number of aromatic carboxylic acids is 1. The lowest BCUT2D eigenvalue weighted by Crippen LogP contribution is -2.29. The highest BCUT2D eigenvalue weighted by atomic mass is 16.4. The fourth-order valence-corrected chi connectivity index (χ4v) is 2.08. The Labute approximate surface area is 111 Å². The molecule has 102 valence electrons. The molecule has 0 saturated carbocycles. The van der Waals surface area contributed by atoms with Gasteiger partial charge in [0.1, 0.15) is 5.82 Å². The first-order valence-electron chi connectivity index (χ1n) is 6.38. The Morgan fingerprint density at radius 3 is 2.79 bits per heavy atom. The zero-order valence-corrected chi connectivity index (χ0v) is 10.6.